The van der Waals surface area contributed by atoms with E-state index in [4.69, 9.17) is 5.48 Å². The Balaban J connectivity index is -0.0000000522. The fraction of sp³-hybridized carbons (Fsp3) is 1.00. The topological polar surface area (TPSA) is 0 Å². The lowest BCUT2D eigenvalue weighted by Gasteiger charge is -2.21. The SMILES string of the molecule is CC.CC(C)(C)C(F)(F)F.CC(C)C.CC(C)C(F)(F)F.CCC.CCC(C)C.CCC(C)C(F)(F)F.CCCC.CCCCC.CC[C@H](C)CC(F)(F)F.CC[C@H](C)CC(F)(F)F.[2H]C(C)(C)C.[2H]C(C)(C)C(F)(F)F.[2H]C([2H])(C)CC. The maximum atomic E-state index is 11.6. The van der Waals surface area contributed by atoms with Gasteiger partial charge in [0.1, 0.15) is 0 Å². The van der Waals surface area contributed by atoms with E-state index in [9.17, 15) is 79.0 Å². The summed E-state index contributed by atoms with van der Waals surface area (Å²) >= 11 is 0. The van der Waals surface area contributed by atoms with Gasteiger partial charge in [-0.15, -0.1) is 0 Å². The molecule has 0 spiro atoms. The number of hydrogen-bond acceptors (Lipinski definition) is 0. The van der Waals surface area contributed by atoms with Crippen molar-refractivity contribution in [3.05, 3.63) is 0 Å². The summed E-state index contributed by atoms with van der Waals surface area (Å²) in [5, 5.41) is 0. The number of rotatable bonds is 10. The van der Waals surface area contributed by atoms with Crippen LogP contribution in [0.15, 0.2) is 0 Å². The minimum atomic E-state index is -4.40. The zero-order valence-corrected chi connectivity index (χ0v) is 56.5. The van der Waals surface area contributed by atoms with Crippen LogP contribution in [0.25, 0.3) is 0 Å². The molecule has 0 fully saturated rings. The lowest BCUT2D eigenvalue weighted by Crippen LogP contribution is -2.28. The molecule has 0 aromatic heterocycles. The maximum Gasteiger partial charge on any atom is 0.393 e. The van der Waals surface area contributed by atoms with Gasteiger partial charge >= 0.3 is 37.1 Å². The minimum Gasteiger partial charge on any atom is -0.171 e. The summed E-state index contributed by atoms with van der Waals surface area (Å²) in [6.45, 7) is 55.9. The molecule has 0 rings (SSSR count). The Kier molecular flexibility index (Phi) is 89.7. The van der Waals surface area contributed by atoms with Crippen LogP contribution in [0.4, 0.5) is 79.0 Å². The van der Waals surface area contributed by atoms with Crippen LogP contribution in [-0.2, 0) is 0 Å². The highest BCUT2D eigenvalue weighted by atomic mass is 19.4. The van der Waals surface area contributed by atoms with Gasteiger partial charge in [0.25, 0.3) is 0 Å². The van der Waals surface area contributed by atoms with Crippen LogP contribution in [-0.4, -0.2) is 37.1 Å². The zero-order chi connectivity index (χ0) is 71.7. The Bertz CT molecular complexity index is 1080. The standard InChI is InChI=1S/2C6H11F3.2C5H9F3.2C5H12.2C4H7F3.4C4H10.C3H8.C2H6/c2*1-3-5(2)4-6(7,8)9;1-4(2,3)5(6,7)8;1-3-4(2)5(6,7)8;1-4-5(2)3;1-3-5-4-2;2*1-3(2)4(5,6)7;2*1-4(2)3;2*1-3-4-2;1-3-2;1-2/h2*5H,3-4H2,1-2H3;1-3H3;4H,3H2,1-2H3;5H,4H2,1-3H3;3-5H2,1-2H3;2*3H,1-2H3;2*4H,1-3H3;2*3-4H2,1-2H3;3H2,1-2H3;1-2H3/t2*5-;;;;;;;;;;;;/m00............/s1/i;;;;;;3D;;4D;;3D2;;;. The summed E-state index contributed by atoms with van der Waals surface area (Å²) in [4.78, 5) is 0. The lowest BCUT2D eigenvalue weighted by molar-refractivity contribution is -0.204. The van der Waals surface area contributed by atoms with Crippen LogP contribution in [0.2, 0.25) is 0 Å². The molecule has 0 radical (unpaired) electrons. The first kappa shape index (κ1) is 99.8. The average Bonchev–Trinajstić information content (AvgIpc) is 3.25. The van der Waals surface area contributed by atoms with E-state index < -0.39 is 79.4 Å². The van der Waals surface area contributed by atoms with E-state index in [-0.39, 0.29) is 24.2 Å². The van der Waals surface area contributed by atoms with E-state index in [0.29, 0.717) is 19.3 Å². The van der Waals surface area contributed by atoms with Crippen molar-refractivity contribution in [1.82, 2.24) is 0 Å². The zero-order valence-electron chi connectivity index (χ0n) is 60.5. The van der Waals surface area contributed by atoms with Crippen LogP contribution in [0, 0.1) is 52.7 Å². The van der Waals surface area contributed by atoms with E-state index in [1.807, 2.05) is 41.5 Å². The number of hydrogen-bond donors (Lipinski definition) is 0. The predicted molar refractivity (Wildman–Crippen MR) is 313 cm³/mol. The monoisotopic (exact) mass is 1210 g/mol. The second-order valence-corrected chi connectivity index (χ2v) is 21.3. The van der Waals surface area contributed by atoms with Gasteiger partial charge < -0.3 is 0 Å². The molecule has 0 aromatic rings. The third kappa shape index (κ3) is 188. The number of alkyl halides is 18. The van der Waals surface area contributed by atoms with E-state index in [2.05, 4.69) is 83.1 Å². The van der Waals surface area contributed by atoms with Crippen molar-refractivity contribution in [2.75, 3.05) is 0 Å². The smallest absolute Gasteiger partial charge is 0.171 e. The first-order valence-corrected chi connectivity index (χ1v) is 28.5. The van der Waals surface area contributed by atoms with Crippen molar-refractivity contribution in [3.8, 4) is 0 Å². The molecule has 0 saturated heterocycles. The molecule has 0 aromatic carbocycles. The molecule has 0 heterocycles. The quantitative estimate of drug-likeness (QED) is 0.191. The van der Waals surface area contributed by atoms with E-state index >= 15 is 0 Å². The van der Waals surface area contributed by atoms with Crippen molar-refractivity contribution in [2.45, 2.75) is 348 Å². The number of unbranched alkanes of at least 4 members (excludes halogenated alkanes) is 3. The van der Waals surface area contributed by atoms with Crippen LogP contribution < -0.4 is 0 Å². The number of halogens is 18. The molecule has 0 saturated carbocycles. The molecule has 79 heavy (non-hydrogen) atoms. The van der Waals surface area contributed by atoms with Crippen molar-refractivity contribution in [3.63, 3.8) is 0 Å². The molecule has 0 nitrogen and oxygen atoms in total. The van der Waals surface area contributed by atoms with E-state index in [1.54, 1.807) is 34.6 Å². The molecule has 18 heteroatoms. The highest BCUT2D eigenvalue weighted by Crippen LogP contribution is 2.36. The van der Waals surface area contributed by atoms with Crippen molar-refractivity contribution in [1.29, 1.82) is 0 Å². The second-order valence-electron chi connectivity index (χ2n) is 21.3. The van der Waals surface area contributed by atoms with Crippen LogP contribution in [0.1, 0.15) is 317 Å². The molecule has 1 unspecified atom stereocenters. The molecule has 0 bridgehead atoms. The van der Waals surface area contributed by atoms with Crippen molar-refractivity contribution >= 4 is 0 Å². The van der Waals surface area contributed by atoms with Gasteiger partial charge in [-0.1, -0.05) is 292 Å². The molecule has 0 aliphatic heterocycles. The molecule has 3 atom stereocenters. The lowest BCUT2D eigenvalue weighted by atomic mass is 9.96. The Hall–Kier alpha value is -1.26. The Morgan fingerprint density at radius 3 is 0.582 bits per heavy atom. The second kappa shape index (κ2) is 71.0. The highest BCUT2D eigenvalue weighted by Gasteiger charge is 2.43. The third-order valence-corrected chi connectivity index (χ3v) is 8.17. The summed E-state index contributed by atoms with van der Waals surface area (Å²) < 4.78 is 233. The van der Waals surface area contributed by atoms with Gasteiger partial charge in [0.2, 0.25) is 0 Å². The van der Waals surface area contributed by atoms with E-state index in [1.165, 1.54) is 58.8 Å². The Labute approximate surface area is 484 Å². The minimum absolute atomic E-state index is 0.170. The molecular formula is C61H132F18. The summed E-state index contributed by atoms with van der Waals surface area (Å²) in [5.41, 5.74) is -1.56. The van der Waals surface area contributed by atoms with Crippen molar-refractivity contribution < 1.29 is 84.5 Å². The summed E-state index contributed by atoms with van der Waals surface area (Å²) in [5.74, 6) is -3.66. The maximum absolute atomic E-state index is 11.6. The average molecular weight is 1210 g/mol. The van der Waals surface area contributed by atoms with E-state index in [0.717, 1.165) is 60.3 Å². The van der Waals surface area contributed by atoms with Crippen LogP contribution in [0.3, 0.4) is 0 Å². The van der Waals surface area contributed by atoms with Gasteiger partial charge in [0.05, 0.1) is 11.3 Å². The fourth-order valence-electron chi connectivity index (χ4n) is 1.66. The fourth-order valence-corrected chi connectivity index (χ4v) is 1.66. The van der Waals surface area contributed by atoms with Crippen LogP contribution >= 0.6 is 0 Å². The van der Waals surface area contributed by atoms with Gasteiger partial charge in [-0.2, -0.15) is 79.0 Å². The highest BCUT2D eigenvalue weighted by molar-refractivity contribution is 4.70. The molecule has 0 amide bonds. The van der Waals surface area contributed by atoms with Gasteiger partial charge in [-0.25, -0.2) is 0 Å². The molecule has 502 valence electrons. The third-order valence-electron chi connectivity index (χ3n) is 8.17. The largest absolute Gasteiger partial charge is 0.393 e. The Morgan fingerprint density at radius 1 is 0.380 bits per heavy atom. The predicted octanol–water partition coefficient (Wildman–Crippen LogP) is 29.2. The molecule has 0 aliphatic carbocycles. The van der Waals surface area contributed by atoms with Crippen molar-refractivity contribution in [2.24, 2.45) is 52.7 Å². The summed E-state index contributed by atoms with van der Waals surface area (Å²) in [6.07, 6.45) is -15.4. The first-order valence-electron chi connectivity index (χ1n) is 30.5. The Morgan fingerprint density at radius 2 is 0.570 bits per heavy atom. The summed E-state index contributed by atoms with van der Waals surface area (Å²) in [7, 11) is 0. The molecular weight excluding hydrogens is 1070 g/mol. The van der Waals surface area contributed by atoms with Gasteiger partial charge in [0, 0.05) is 30.1 Å². The normalized spacial score (nSPS) is 13.2. The molecule has 0 N–H and O–H groups in total. The first-order chi connectivity index (χ1) is 36.1. The summed E-state index contributed by atoms with van der Waals surface area (Å²) in [6, 6.07) is 0. The van der Waals surface area contributed by atoms with Gasteiger partial charge in [-0.3, -0.25) is 0 Å². The van der Waals surface area contributed by atoms with Gasteiger partial charge in [-0.05, 0) is 36.0 Å². The van der Waals surface area contributed by atoms with Gasteiger partial charge in [0.15, 0.2) is 0 Å². The molecule has 0 aliphatic rings. The van der Waals surface area contributed by atoms with Crippen LogP contribution in [0.5, 0.6) is 0 Å².